The normalized spacial score (nSPS) is 10.4. The van der Waals surface area contributed by atoms with E-state index >= 15 is 0 Å². The van der Waals surface area contributed by atoms with Crippen LogP contribution in [0.2, 0.25) is 0 Å². The van der Waals surface area contributed by atoms with Crippen LogP contribution in [0.1, 0.15) is 27.4 Å². The van der Waals surface area contributed by atoms with Crippen molar-refractivity contribution in [3.05, 3.63) is 71.1 Å². The average Bonchev–Trinajstić information content (AvgIpc) is 3.04. The lowest BCUT2D eigenvalue weighted by molar-refractivity contribution is 0.102. The number of nitrogens with one attached hydrogen (secondary N) is 1. The minimum atomic E-state index is -0.334. The molecule has 0 saturated carbocycles. The highest BCUT2D eigenvalue weighted by atomic mass is 16.5. The summed E-state index contributed by atoms with van der Waals surface area (Å²) in [4.78, 5) is 12.2. The predicted octanol–water partition coefficient (Wildman–Crippen LogP) is 3.23. The number of aryl methyl sites for hydroxylation is 1. The van der Waals surface area contributed by atoms with Gasteiger partial charge in [0.05, 0.1) is 13.5 Å². The molecule has 1 heterocycles. The molecule has 1 amide bonds. The molecule has 0 radical (unpaired) electrons. The smallest absolute Gasteiger partial charge is 0.322 e. The molecule has 2 aromatic carbocycles. The van der Waals surface area contributed by atoms with Crippen LogP contribution >= 0.6 is 0 Å². The van der Waals surface area contributed by atoms with Crippen molar-refractivity contribution >= 4 is 11.9 Å². The molecule has 122 valence electrons. The van der Waals surface area contributed by atoms with Gasteiger partial charge in [-0.1, -0.05) is 41.0 Å². The van der Waals surface area contributed by atoms with Gasteiger partial charge in [-0.05, 0) is 30.7 Å². The van der Waals surface area contributed by atoms with Gasteiger partial charge in [-0.3, -0.25) is 10.1 Å². The minimum Gasteiger partial charge on any atom is -0.497 e. The molecule has 0 aliphatic heterocycles. The zero-order valence-corrected chi connectivity index (χ0v) is 13.4. The summed E-state index contributed by atoms with van der Waals surface area (Å²) in [5, 5.41) is 10.4. The number of benzene rings is 2. The van der Waals surface area contributed by atoms with Crippen LogP contribution < -0.4 is 10.1 Å². The number of hydrogen-bond donors (Lipinski definition) is 1. The quantitative estimate of drug-likeness (QED) is 0.780. The highest BCUT2D eigenvalue weighted by molar-refractivity contribution is 6.03. The molecular weight excluding hydrogens is 306 g/mol. The second-order valence-corrected chi connectivity index (χ2v) is 5.35. The number of anilines is 1. The Labute approximate surface area is 139 Å². The Morgan fingerprint density at radius 2 is 1.96 bits per heavy atom. The Balaban J connectivity index is 1.67. The number of methoxy groups -OCH3 is 1. The Bertz CT molecular complexity index is 841. The summed E-state index contributed by atoms with van der Waals surface area (Å²) in [7, 11) is 1.55. The van der Waals surface area contributed by atoms with Gasteiger partial charge in [-0.25, -0.2) is 0 Å². The van der Waals surface area contributed by atoms with E-state index in [1.54, 1.807) is 31.4 Å². The molecule has 3 rings (SSSR count). The van der Waals surface area contributed by atoms with Crippen LogP contribution in [0.3, 0.4) is 0 Å². The summed E-state index contributed by atoms with van der Waals surface area (Å²) in [5.74, 6) is 0.715. The van der Waals surface area contributed by atoms with Crippen molar-refractivity contribution in [2.45, 2.75) is 13.3 Å². The van der Waals surface area contributed by atoms with Crippen LogP contribution in [0.25, 0.3) is 0 Å². The molecule has 0 spiro atoms. The number of ether oxygens (including phenoxy) is 1. The Morgan fingerprint density at radius 1 is 1.17 bits per heavy atom. The molecule has 1 N–H and O–H groups in total. The van der Waals surface area contributed by atoms with Gasteiger partial charge in [0.2, 0.25) is 5.89 Å². The van der Waals surface area contributed by atoms with Crippen molar-refractivity contribution in [3.63, 3.8) is 0 Å². The van der Waals surface area contributed by atoms with E-state index in [1.165, 1.54) is 5.56 Å². The summed E-state index contributed by atoms with van der Waals surface area (Å²) in [6.07, 6.45) is 0.516. The SMILES string of the molecule is COc1cccc(C(=O)Nc2nnc(Cc3ccc(C)cc3)o2)c1. The maximum absolute atomic E-state index is 12.2. The van der Waals surface area contributed by atoms with Gasteiger partial charge in [0.15, 0.2) is 0 Å². The second kappa shape index (κ2) is 6.95. The third-order valence-electron chi connectivity index (χ3n) is 3.50. The monoisotopic (exact) mass is 323 g/mol. The predicted molar refractivity (Wildman–Crippen MR) is 89.2 cm³/mol. The van der Waals surface area contributed by atoms with Gasteiger partial charge in [-0.2, -0.15) is 0 Å². The van der Waals surface area contributed by atoms with Crippen molar-refractivity contribution in [2.75, 3.05) is 12.4 Å². The number of carbonyl (C=O) groups is 1. The molecule has 24 heavy (non-hydrogen) atoms. The van der Waals surface area contributed by atoms with Crippen molar-refractivity contribution < 1.29 is 13.9 Å². The Morgan fingerprint density at radius 3 is 2.71 bits per heavy atom. The molecule has 3 aromatic rings. The summed E-state index contributed by atoms with van der Waals surface area (Å²) in [6, 6.07) is 15.0. The fraction of sp³-hybridized carbons (Fsp3) is 0.167. The molecule has 0 aliphatic rings. The zero-order chi connectivity index (χ0) is 16.9. The fourth-order valence-electron chi connectivity index (χ4n) is 2.19. The molecule has 6 heteroatoms. The molecule has 0 unspecified atom stereocenters. The molecule has 1 aromatic heterocycles. The maximum atomic E-state index is 12.2. The van der Waals surface area contributed by atoms with Gasteiger partial charge in [0.1, 0.15) is 5.75 Å². The van der Waals surface area contributed by atoms with E-state index < -0.39 is 0 Å². The first-order chi connectivity index (χ1) is 11.6. The molecule has 6 nitrogen and oxygen atoms in total. The van der Waals surface area contributed by atoms with Gasteiger partial charge >= 0.3 is 6.01 Å². The number of rotatable bonds is 5. The Hall–Kier alpha value is -3.15. The van der Waals surface area contributed by atoms with Gasteiger partial charge in [0, 0.05) is 5.56 Å². The van der Waals surface area contributed by atoms with Crippen LogP contribution in [-0.4, -0.2) is 23.2 Å². The summed E-state index contributed by atoms with van der Waals surface area (Å²) < 4.78 is 10.6. The van der Waals surface area contributed by atoms with Crippen molar-refractivity contribution in [1.29, 1.82) is 0 Å². The van der Waals surface area contributed by atoms with E-state index in [-0.39, 0.29) is 11.9 Å². The molecule has 0 bridgehead atoms. The minimum absolute atomic E-state index is 0.0740. The molecule has 0 aliphatic carbocycles. The fourth-order valence-corrected chi connectivity index (χ4v) is 2.19. The van der Waals surface area contributed by atoms with Crippen LogP contribution in [-0.2, 0) is 6.42 Å². The van der Waals surface area contributed by atoms with Crippen LogP contribution in [0, 0.1) is 6.92 Å². The first kappa shape index (κ1) is 15.7. The van der Waals surface area contributed by atoms with E-state index in [0.29, 0.717) is 23.6 Å². The molecule has 0 fully saturated rings. The molecule has 0 saturated heterocycles. The van der Waals surface area contributed by atoms with Crippen LogP contribution in [0.4, 0.5) is 6.01 Å². The van der Waals surface area contributed by atoms with E-state index in [1.807, 2.05) is 31.2 Å². The van der Waals surface area contributed by atoms with Gasteiger partial charge < -0.3 is 9.15 Å². The largest absolute Gasteiger partial charge is 0.497 e. The van der Waals surface area contributed by atoms with Crippen LogP contribution in [0.15, 0.2) is 52.9 Å². The number of nitrogens with zero attached hydrogens (tertiary/aromatic N) is 2. The van der Waals surface area contributed by atoms with Crippen molar-refractivity contribution in [2.24, 2.45) is 0 Å². The van der Waals surface area contributed by atoms with Crippen molar-refractivity contribution in [3.8, 4) is 5.75 Å². The number of hydrogen-bond acceptors (Lipinski definition) is 5. The highest BCUT2D eigenvalue weighted by Gasteiger charge is 2.12. The van der Waals surface area contributed by atoms with E-state index in [0.717, 1.165) is 5.56 Å². The number of aromatic nitrogens is 2. The lowest BCUT2D eigenvalue weighted by atomic mass is 10.1. The standard InChI is InChI=1S/C18H17N3O3/c1-12-6-8-13(9-7-12)10-16-20-21-18(24-16)19-17(22)14-4-3-5-15(11-14)23-2/h3-9,11H,10H2,1-2H3,(H,19,21,22). The Kier molecular flexibility index (Phi) is 4.56. The lowest BCUT2D eigenvalue weighted by Crippen LogP contribution is -2.12. The zero-order valence-electron chi connectivity index (χ0n) is 13.4. The van der Waals surface area contributed by atoms with E-state index in [9.17, 15) is 4.79 Å². The summed E-state index contributed by atoms with van der Waals surface area (Å²) in [5.41, 5.74) is 2.71. The first-order valence-corrected chi connectivity index (χ1v) is 7.47. The maximum Gasteiger partial charge on any atom is 0.322 e. The third-order valence-corrected chi connectivity index (χ3v) is 3.50. The summed E-state index contributed by atoms with van der Waals surface area (Å²) >= 11 is 0. The first-order valence-electron chi connectivity index (χ1n) is 7.47. The van der Waals surface area contributed by atoms with Crippen molar-refractivity contribution in [1.82, 2.24) is 10.2 Å². The average molecular weight is 323 g/mol. The third kappa shape index (κ3) is 3.78. The van der Waals surface area contributed by atoms with Crippen LogP contribution in [0.5, 0.6) is 5.75 Å². The van der Waals surface area contributed by atoms with Gasteiger partial charge in [0.25, 0.3) is 5.91 Å². The topological polar surface area (TPSA) is 77.2 Å². The highest BCUT2D eigenvalue weighted by Crippen LogP contribution is 2.15. The van der Waals surface area contributed by atoms with Gasteiger partial charge in [-0.15, -0.1) is 5.10 Å². The number of amides is 1. The molecular formula is C18H17N3O3. The van der Waals surface area contributed by atoms with E-state index in [2.05, 4.69) is 15.5 Å². The molecule has 0 atom stereocenters. The van der Waals surface area contributed by atoms with E-state index in [4.69, 9.17) is 9.15 Å². The number of carbonyl (C=O) groups excluding carboxylic acids is 1. The lowest BCUT2D eigenvalue weighted by Gasteiger charge is -2.03. The second-order valence-electron chi connectivity index (χ2n) is 5.35. The summed E-state index contributed by atoms with van der Waals surface area (Å²) in [6.45, 7) is 2.03.